The molecule has 0 unspecified atom stereocenters. The molecule has 1 amide bonds. The van der Waals surface area contributed by atoms with Crippen LogP contribution in [0.25, 0.3) is 0 Å². The molecular weight excluding hydrogens is 346 g/mol. The monoisotopic (exact) mass is 367 g/mol. The number of amides is 1. The van der Waals surface area contributed by atoms with Gasteiger partial charge in [0.05, 0.1) is 18.1 Å². The summed E-state index contributed by atoms with van der Waals surface area (Å²) < 4.78 is 16.4. The van der Waals surface area contributed by atoms with E-state index in [4.69, 9.17) is 25.8 Å². The highest BCUT2D eigenvalue weighted by atomic mass is 35.5. The normalized spacial score (nSPS) is 25.7. The minimum Gasteiger partial charge on any atom is -0.492 e. The molecule has 6 nitrogen and oxygen atoms in total. The van der Waals surface area contributed by atoms with Gasteiger partial charge in [-0.05, 0) is 44.0 Å². The number of hydrogen-bond donors (Lipinski definition) is 0. The van der Waals surface area contributed by atoms with Crippen molar-refractivity contribution in [1.82, 2.24) is 4.90 Å². The first kappa shape index (κ1) is 18.0. The van der Waals surface area contributed by atoms with E-state index in [2.05, 4.69) is 0 Å². The number of nitrogens with zero attached hydrogens (tertiary/aromatic N) is 1. The van der Waals surface area contributed by atoms with E-state index in [1.165, 1.54) is 0 Å². The minimum absolute atomic E-state index is 0.0172. The topological polar surface area (TPSA) is 65.1 Å². The SMILES string of the molecule is C[C@@H]1CN(C(=O)COC(=O)[C@H]2COc3ccc(Cl)cc3C2)C[C@H](C)O1. The summed E-state index contributed by atoms with van der Waals surface area (Å²) in [5.41, 5.74) is 0.878. The first-order chi connectivity index (χ1) is 11.9. The van der Waals surface area contributed by atoms with Crippen LogP contribution in [0.2, 0.25) is 5.02 Å². The third-order valence-electron chi connectivity index (χ3n) is 4.37. The second-order valence-corrected chi connectivity index (χ2v) is 7.06. The van der Waals surface area contributed by atoms with E-state index in [-0.39, 0.29) is 31.3 Å². The van der Waals surface area contributed by atoms with Crippen molar-refractivity contribution < 1.29 is 23.8 Å². The molecule has 3 rings (SSSR count). The molecule has 3 atom stereocenters. The van der Waals surface area contributed by atoms with Crippen molar-refractivity contribution in [3.05, 3.63) is 28.8 Å². The number of benzene rings is 1. The van der Waals surface area contributed by atoms with E-state index in [0.29, 0.717) is 24.5 Å². The van der Waals surface area contributed by atoms with Gasteiger partial charge in [0, 0.05) is 18.1 Å². The van der Waals surface area contributed by atoms with Gasteiger partial charge in [-0.1, -0.05) is 11.6 Å². The maximum Gasteiger partial charge on any atom is 0.313 e. The summed E-state index contributed by atoms with van der Waals surface area (Å²) in [5, 5.41) is 0.599. The predicted molar refractivity (Wildman–Crippen MR) is 91.7 cm³/mol. The number of halogens is 1. The molecule has 0 radical (unpaired) electrons. The summed E-state index contributed by atoms with van der Waals surface area (Å²) in [6, 6.07) is 5.34. The van der Waals surface area contributed by atoms with Crippen LogP contribution < -0.4 is 4.74 Å². The molecule has 2 heterocycles. The summed E-state index contributed by atoms with van der Waals surface area (Å²) in [7, 11) is 0. The fraction of sp³-hybridized carbons (Fsp3) is 0.556. The molecule has 0 spiro atoms. The second kappa shape index (κ2) is 7.62. The average Bonchev–Trinajstić information content (AvgIpc) is 2.57. The van der Waals surface area contributed by atoms with Gasteiger partial charge in [-0.25, -0.2) is 0 Å². The van der Waals surface area contributed by atoms with Crippen molar-refractivity contribution in [2.45, 2.75) is 32.5 Å². The lowest BCUT2D eigenvalue weighted by atomic mass is 9.97. The van der Waals surface area contributed by atoms with Crippen LogP contribution >= 0.6 is 11.6 Å². The quantitative estimate of drug-likeness (QED) is 0.765. The molecule has 7 heteroatoms. The smallest absolute Gasteiger partial charge is 0.313 e. The second-order valence-electron chi connectivity index (χ2n) is 6.63. The van der Waals surface area contributed by atoms with E-state index in [1.807, 2.05) is 13.8 Å². The highest BCUT2D eigenvalue weighted by Crippen LogP contribution is 2.30. The van der Waals surface area contributed by atoms with Gasteiger partial charge in [0.15, 0.2) is 6.61 Å². The fourth-order valence-electron chi connectivity index (χ4n) is 3.24. The molecule has 136 valence electrons. The van der Waals surface area contributed by atoms with Crippen LogP contribution in [0.1, 0.15) is 19.4 Å². The minimum atomic E-state index is -0.429. The number of rotatable bonds is 3. The van der Waals surface area contributed by atoms with Crippen LogP contribution in [-0.4, -0.2) is 55.3 Å². The van der Waals surface area contributed by atoms with Gasteiger partial charge in [0.2, 0.25) is 0 Å². The van der Waals surface area contributed by atoms with Crippen molar-refractivity contribution in [3.63, 3.8) is 0 Å². The molecule has 2 aliphatic rings. The van der Waals surface area contributed by atoms with Gasteiger partial charge in [0.25, 0.3) is 5.91 Å². The Morgan fingerprint density at radius 1 is 1.28 bits per heavy atom. The molecule has 1 aromatic rings. The third kappa shape index (κ3) is 4.44. The van der Waals surface area contributed by atoms with Crippen molar-refractivity contribution in [3.8, 4) is 5.75 Å². The standard InChI is InChI=1S/C18H22ClNO5/c1-11-7-20(8-12(2)25-11)17(21)10-24-18(22)14-5-13-6-15(19)3-4-16(13)23-9-14/h3-4,6,11-12,14H,5,7-10H2,1-2H3/t11-,12+,14-/m1/s1. The molecule has 0 saturated carbocycles. The number of morpholine rings is 1. The van der Waals surface area contributed by atoms with Gasteiger partial charge in [-0.2, -0.15) is 0 Å². The van der Waals surface area contributed by atoms with Gasteiger partial charge in [-0.15, -0.1) is 0 Å². The average molecular weight is 368 g/mol. The number of hydrogen-bond acceptors (Lipinski definition) is 5. The van der Waals surface area contributed by atoms with Crippen molar-refractivity contribution in [2.75, 3.05) is 26.3 Å². The maximum absolute atomic E-state index is 12.3. The van der Waals surface area contributed by atoms with Gasteiger partial charge >= 0.3 is 5.97 Å². The lowest BCUT2D eigenvalue weighted by Crippen LogP contribution is -2.49. The Balaban J connectivity index is 1.52. The highest BCUT2D eigenvalue weighted by Gasteiger charge is 2.30. The zero-order chi connectivity index (χ0) is 18.0. The third-order valence-corrected chi connectivity index (χ3v) is 4.61. The zero-order valence-electron chi connectivity index (χ0n) is 14.4. The van der Waals surface area contributed by atoms with Crippen molar-refractivity contribution in [1.29, 1.82) is 0 Å². The lowest BCUT2D eigenvalue weighted by molar-refractivity contribution is -0.160. The molecule has 0 aliphatic carbocycles. The number of fused-ring (bicyclic) bond motifs is 1. The van der Waals surface area contributed by atoms with Crippen LogP contribution in [-0.2, 0) is 25.5 Å². The van der Waals surface area contributed by atoms with Crippen LogP contribution in [0.5, 0.6) is 5.75 Å². The summed E-state index contributed by atoms with van der Waals surface area (Å²) in [6.07, 6.45) is 0.460. The van der Waals surface area contributed by atoms with Crippen molar-refractivity contribution >= 4 is 23.5 Å². The number of esters is 1. The van der Waals surface area contributed by atoms with E-state index >= 15 is 0 Å². The van der Waals surface area contributed by atoms with Crippen LogP contribution in [0.4, 0.5) is 0 Å². The Bertz CT molecular complexity index is 655. The molecular formula is C18H22ClNO5. The van der Waals surface area contributed by atoms with E-state index < -0.39 is 11.9 Å². The molecule has 0 bridgehead atoms. The predicted octanol–water partition coefficient (Wildman–Crippen LogP) is 2.07. The fourth-order valence-corrected chi connectivity index (χ4v) is 3.43. The Kier molecular flexibility index (Phi) is 5.49. The Morgan fingerprint density at radius 2 is 2.00 bits per heavy atom. The molecule has 1 fully saturated rings. The van der Waals surface area contributed by atoms with Crippen LogP contribution in [0.3, 0.4) is 0 Å². The number of ether oxygens (including phenoxy) is 3. The molecule has 0 aromatic heterocycles. The van der Waals surface area contributed by atoms with Gasteiger partial charge in [-0.3, -0.25) is 9.59 Å². The highest BCUT2D eigenvalue weighted by molar-refractivity contribution is 6.30. The number of carbonyl (C=O) groups is 2. The van der Waals surface area contributed by atoms with Crippen molar-refractivity contribution in [2.24, 2.45) is 5.92 Å². The first-order valence-electron chi connectivity index (χ1n) is 8.43. The Hall–Kier alpha value is -1.79. The summed E-state index contributed by atoms with van der Waals surface area (Å²) in [5.74, 6) is -0.314. The van der Waals surface area contributed by atoms with Crippen LogP contribution in [0, 0.1) is 5.92 Å². The first-order valence-corrected chi connectivity index (χ1v) is 8.81. The molecule has 2 aliphatic heterocycles. The molecule has 1 aromatic carbocycles. The summed E-state index contributed by atoms with van der Waals surface area (Å²) >= 11 is 5.98. The Morgan fingerprint density at radius 3 is 2.72 bits per heavy atom. The lowest BCUT2D eigenvalue weighted by Gasteiger charge is -2.35. The van der Waals surface area contributed by atoms with Gasteiger partial charge < -0.3 is 19.1 Å². The molecule has 0 N–H and O–H groups in total. The largest absolute Gasteiger partial charge is 0.492 e. The van der Waals surface area contributed by atoms with Crippen LogP contribution in [0.15, 0.2) is 18.2 Å². The summed E-state index contributed by atoms with van der Waals surface area (Å²) in [4.78, 5) is 26.2. The van der Waals surface area contributed by atoms with E-state index in [9.17, 15) is 9.59 Å². The summed E-state index contributed by atoms with van der Waals surface area (Å²) in [6.45, 7) is 4.86. The van der Waals surface area contributed by atoms with E-state index in [0.717, 1.165) is 11.3 Å². The van der Waals surface area contributed by atoms with Gasteiger partial charge in [0.1, 0.15) is 12.4 Å². The zero-order valence-corrected chi connectivity index (χ0v) is 15.1. The number of carbonyl (C=O) groups excluding carboxylic acids is 2. The maximum atomic E-state index is 12.3. The Labute approximate surface area is 152 Å². The van der Waals surface area contributed by atoms with E-state index in [1.54, 1.807) is 23.1 Å². The molecule has 1 saturated heterocycles. The molecule has 25 heavy (non-hydrogen) atoms.